The number of aromatic amines is 4. The Morgan fingerprint density at radius 3 is 2.72 bits per heavy atom. The summed E-state index contributed by atoms with van der Waals surface area (Å²) in [6.07, 6.45) is 8.22. The minimum Gasteiger partial charge on any atom is -0.347 e. The summed E-state index contributed by atoms with van der Waals surface area (Å²) in [5.74, 6) is 2.12. The van der Waals surface area contributed by atoms with Gasteiger partial charge in [-0.25, -0.2) is 15.0 Å². The van der Waals surface area contributed by atoms with Crippen molar-refractivity contribution in [3.63, 3.8) is 0 Å². The Morgan fingerprint density at radius 2 is 2.04 bits per heavy atom. The average molecular weight is 335 g/mol. The summed E-state index contributed by atoms with van der Waals surface area (Å²) >= 11 is 0. The van der Waals surface area contributed by atoms with Crippen molar-refractivity contribution >= 4 is 17.6 Å². The van der Waals surface area contributed by atoms with Crippen molar-refractivity contribution in [3.05, 3.63) is 60.6 Å². The number of anilines is 2. The minimum absolute atomic E-state index is 0.416. The molecule has 1 unspecified atom stereocenters. The van der Waals surface area contributed by atoms with Crippen LogP contribution in [-0.2, 0) is 0 Å². The number of amidine groups is 1. The third-order valence-corrected chi connectivity index (χ3v) is 3.84. The maximum atomic E-state index is 4.84. The van der Waals surface area contributed by atoms with Gasteiger partial charge in [0.15, 0.2) is 12.0 Å². The zero-order chi connectivity index (χ0) is 16.6. The molecule has 0 saturated heterocycles. The first kappa shape index (κ1) is 13.5. The Morgan fingerprint density at radius 1 is 1.04 bits per heavy atom. The van der Waals surface area contributed by atoms with Gasteiger partial charge in [-0.2, -0.15) is 25.5 Å². The van der Waals surface area contributed by atoms with Crippen LogP contribution >= 0.6 is 0 Å². The van der Waals surface area contributed by atoms with Gasteiger partial charge in [-0.15, -0.1) is 0 Å². The standard InChI is InChI=1S/C14H13N11/c1-2-11(15-4-1)24-13(10-8-19-23-22-10)20-12(9-3-5-18-21-9)25(24)14-16-6-7-17-14/h1-8,13,15H,(H,16,17)(H,18,21)(H,19,22,23). The molecule has 25 heavy (non-hydrogen) atoms. The molecule has 0 bridgehead atoms. The van der Waals surface area contributed by atoms with Crippen molar-refractivity contribution in [3.8, 4) is 0 Å². The molecular formula is C14H13N11. The lowest BCUT2D eigenvalue weighted by Gasteiger charge is -2.31. The third-order valence-electron chi connectivity index (χ3n) is 3.84. The molecule has 0 fully saturated rings. The predicted octanol–water partition coefficient (Wildman–Crippen LogP) is 0.966. The molecule has 1 atom stereocenters. The molecule has 5 heterocycles. The van der Waals surface area contributed by atoms with Crippen molar-refractivity contribution in [2.75, 3.05) is 10.0 Å². The minimum atomic E-state index is -0.416. The quantitative estimate of drug-likeness (QED) is 0.439. The van der Waals surface area contributed by atoms with Crippen LogP contribution in [0.5, 0.6) is 0 Å². The van der Waals surface area contributed by atoms with E-state index in [0.29, 0.717) is 17.5 Å². The molecule has 124 valence electrons. The predicted molar refractivity (Wildman–Crippen MR) is 88.6 cm³/mol. The van der Waals surface area contributed by atoms with E-state index >= 15 is 0 Å². The summed E-state index contributed by atoms with van der Waals surface area (Å²) in [6.45, 7) is 0. The van der Waals surface area contributed by atoms with E-state index in [9.17, 15) is 0 Å². The fraction of sp³-hybridized carbons (Fsp3) is 0.0714. The third kappa shape index (κ3) is 2.09. The van der Waals surface area contributed by atoms with Gasteiger partial charge < -0.3 is 9.97 Å². The Hall–Kier alpha value is -3.89. The number of rotatable bonds is 4. The molecule has 0 amide bonds. The van der Waals surface area contributed by atoms with E-state index in [0.717, 1.165) is 11.5 Å². The van der Waals surface area contributed by atoms with E-state index in [1.807, 2.05) is 34.4 Å². The molecule has 4 N–H and O–H groups in total. The molecule has 0 saturated carbocycles. The van der Waals surface area contributed by atoms with Gasteiger partial charge in [0.25, 0.3) is 0 Å². The van der Waals surface area contributed by atoms with Crippen LogP contribution in [-0.4, -0.2) is 46.4 Å². The van der Waals surface area contributed by atoms with Crippen LogP contribution < -0.4 is 10.0 Å². The van der Waals surface area contributed by atoms with Gasteiger partial charge in [0.2, 0.25) is 5.95 Å². The molecular weight excluding hydrogens is 322 g/mol. The Kier molecular flexibility index (Phi) is 2.89. The number of imidazole rings is 1. The van der Waals surface area contributed by atoms with Crippen LogP contribution in [0.25, 0.3) is 0 Å². The fourth-order valence-electron chi connectivity index (χ4n) is 2.80. The number of hydrazine groups is 1. The number of nitrogens with zero attached hydrogens (tertiary/aromatic N) is 7. The van der Waals surface area contributed by atoms with E-state index in [4.69, 9.17) is 4.99 Å². The number of H-pyrrole nitrogens is 4. The van der Waals surface area contributed by atoms with Crippen molar-refractivity contribution in [2.45, 2.75) is 6.17 Å². The number of nitrogens with one attached hydrogen (secondary N) is 4. The fourth-order valence-corrected chi connectivity index (χ4v) is 2.80. The summed E-state index contributed by atoms with van der Waals surface area (Å²) in [5, 5.41) is 21.6. The second-order valence-corrected chi connectivity index (χ2v) is 5.32. The average Bonchev–Trinajstić information content (AvgIpc) is 3.48. The monoisotopic (exact) mass is 335 g/mol. The van der Waals surface area contributed by atoms with Crippen molar-refractivity contribution in [1.82, 2.24) is 40.6 Å². The van der Waals surface area contributed by atoms with Crippen molar-refractivity contribution in [1.29, 1.82) is 0 Å². The van der Waals surface area contributed by atoms with Crippen LogP contribution in [0.4, 0.5) is 11.8 Å². The summed E-state index contributed by atoms with van der Waals surface area (Å²) in [6, 6.07) is 5.73. The lowest BCUT2D eigenvalue weighted by Crippen LogP contribution is -2.44. The highest BCUT2D eigenvalue weighted by atomic mass is 15.7. The highest BCUT2D eigenvalue weighted by Gasteiger charge is 2.40. The summed E-state index contributed by atoms with van der Waals surface area (Å²) in [5.41, 5.74) is 1.44. The molecule has 5 rings (SSSR count). The van der Waals surface area contributed by atoms with Gasteiger partial charge in [-0.3, -0.25) is 5.10 Å². The topological polar surface area (TPSA) is 134 Å². The van der Waals surface area contributed by atoms with Crippen LogP contribution in [0.15, 0.2) is 54.2 Å². The van der Waals surface area contributed by atoms with Gasteiger partial charge in [0.05, 0.1) is 6.20 Å². The first-order valence-corrected chi connectivity index (χ1v) is 7.57. The zero-order valence-electron chi connectivity index (χ0n) is 12.8. The van der Waals surface area contributed by atoms with Gasteiger partial charge in [-0.05, 0) is 18.2 Å². The van der Waals surface area contributed by atoms with Crippen LogP contribution in [0.2, 0.25) is 0 Å². The van der Waals surface area contributed by atoms with Crippen LogP contribution in [0.3, 0.4) is 0 Å². The SMILES string of the molecule is c1c[nH]c(N2C(c3cn[nH]n3)N=C(c3ccn[nH]3)N2c2ncc[nH]2)c1. The zero-order valence-corrected chi connectivity index (χ0v) is 12.8. The molecule has 11 nitrogen and oxygen atoms in total. The highest BCUT2D eigenvalue weighted by molar-refractivity contribution is 6.11. The first-order chi connectivity index (χ1) is 12.4. The molecule has 0 spiro atoms. The number of hydrogen-bond donors (Lipinski definition) is 4. The van der Waals surface area contributed by atoms with E-state index in [1.165, 1.54) is 0 Å². The van der Waals surface area contributed by atoms with Gasteiger partial charge in [-0.1, -0.05) is 0 Å². The van der Waals surface area contributed by atoms with Crippen molar-refractivity contribution < 1.29 is 0 Å². The van der Waals surface area contributed by atoms with E-state index in [1.54, 1.807) is 24.8 Å². The summed E-state index contributed by atoms with van der Waals surface area (Å²) in [4.78, 5) is 15.6. The Balaban J connectivity index is 1.70. The second kappa shape index (κ2) is 5.33. The largest absolute Gasteiger partial charge is 0.347 e. The molecule has 0 radical (unpaired) electrons. The van der Waals surface area contributed by atoms with E-state index < -0.39 is 6.17 Å². The molecule has 1 aliphatic rings. The smallest absolute Gasteiger partial charge is 0.228 e. The Labute approximate surface area is 140 Å². The van der Waals surface area contributed by atoms with Gasteiger partial charge >= 0.3 is 0 Å². The molecule has 4 aromatic heterocycles. The van der Waals surface area contributed by atoms with Gasteiger partial charge in [0, 0.05) is 24.8 Å². The van der Waals surface area contributed by atoms with Crippen molar-refractivity contribution in [2.24, 2.45) is 4.99 Å². The maximum absolute atomic E-state index is 4.84. The Bertz CT molecular complexity index is 951. The lowest BCUT2D eigenvalue weighted by molar-refractivity contribution is 0.669. The van der Waals surface area contributed by atoms with E-state index in [2.05, 4.69) is 40.6 Å². The lowest BCUT2D eigenvalue weighted by atomic mass is 10.3. The molecule has 4 aromatic rings. The van der Waals surface area contributed by atoms with Crippen LogP contribution in [0, 0.1) is 0 Å². The maximum Gasteiger partial charge on any atom is 0.228 e. The van der Waals surface area contributed by atoms with Gasteiger partial charge in [0.1, 0.15) is 17.2 Å². The molecule has 0 aliphatic carbocycles. The number of hydrogen-bond acceptors (Lipinski definition) is 7. The van der Waals surface area contributed by atoms with Crippen LogP contribution in [0.1, 0.15) is 17.6 Å². The number of aromatic nitrogens is 8. The summed E-state index contributed by atoms with van der Waals surface area (Å²) in [7, 11) is 0. The van der Waals surface area contributed by atoms with E-state index in [-0.39, 0.29) is 0 Å². The second-order valence-electron chi connectivity index (χ2n) is 5.32. The molecule has 11 heteroatoms. The molecule has 1 aliphatic heterocycles. The normalized spacial score (nSPS) is 17.3. The first-order valence-electron chi connectivity index (χ1n) is 7.57. The summed E-state index contributed by atoms with van der Waals surface area (Å²) < 4.78 is 0. The highest BCUT2D eigenvalue weighted by Crippen LogP contribution is 2.36. The molecule has 0 aromatic carbocycles. The number of aliphatic imine (C=N–C) groups is 1.